The maximum atomic E-state index is 10.2. The van der Waals surface area contributed by atoms with Crippen LogP contribution in [-0.4, -0.2) is 5.80 Å². The lowest BCUT2D eigenvalue weighted by molar-refractivity contribution is 0.642. The summed E-state index contributed by atoms with van der Waals surface area (Å²) in [7, 11) is 1.90. The lowest BCUT2D eigenvalue weighted by Crippen LogP contribution is -1.52. The summed E-state index contributed by atoms with van der Waals surface area (Å²) in [5.74, 6) is -1.78. The SMILES string of the molecule is FC(F)=P. The number of rotatable bonds is 0. The molecule has 0 aliphatic heterocycles. The van der Waals surface area contributed by atoms with Gasteiger partial charge in [-0.3, -0.25) is 0 Å². The number of hydrogen-bond acceptors (Lipinski definition) is 0. The average molecular weight is 82.0 g/mol. The Morgan fingerprint density at radius 3 is 1.50 bits per heavy atom. The van der Waals surface area contributed by atoms with Crippen molar-refractivity contribution in [2.75, 3.05) is 0 Å². The molecule has 0 aromatic carbocycles. The molecule has 0 aliphatic rings. The Morgan fingerprint density at radius 1 is 1.50 bits per heavy atom. The standard InChI is InChI=1S/CHF2P/c2-1(3)4/h4H. The zero-order chi connectivity index (χ0) is 3.58. The minimum absolute atomic E-state index is 1.78. The van der Waals surface area contributed by atoms with E-state index in [1.807, 2.05) is 8.86 Å². The van der Waals surface area contributed by atoms with E-state index in [4.69, 9.17) is 0 Å². The molecule has 0 aromatic rings. The molecule has 24 valence electrons. The minimum atomic E-state index is -1.78. The third kappa shape index (κ3) is 2390. The van der Waals surface area contributed by atoms with Crippen LogP contribution in [0.2, 0.25) is 0 Å². The zero-order valence-electron chi connectivity index (χ0n) is 1.76. The van der Waals surface area contributed by atoms with Gasteiger partial charge in [-0.15, -0.1) is 0 Å². The van der Waals surface area contributed by atoms with Crippen molar-refractivity contribution in [1.29, 1.82) is 0 Å². The molecule has 0 atom stereocenters. The summed E-state index contributed by atoms with van der Waals surface area (Å²) in [6.45, 7) is 0. The Morgan fingerprint density at radius 2 is 1.50 bits per heavy atom. The molecule has 0 unspecified atom stereocenters. The van der Waals surface area contributed by atoms with Crippen LogP contribution in [0.3, 0.4) is 0 Å². The van der Waals surface area contributed by atoms with E-state index < -0.39 is 5.80 Å². The predicted molar refractivity (Wildman–Crippen MR) is 15.5 cm³/mol. The molecule has 0 spiro atoms. The number of hydrogen-bond donors (Lipinski definition) is 0. The highest BCUT2D eigenvalue weighted by atomic mass is 31.0. The third-order valence-electron chi connectivity index (χ3n) is 0. The molecule has 0 N–H and O–H groups in total. The van der Waals surface area contributed by atoms with Gasteiger partial charge in [-0.05, 0) is 8.86 Å². The molecule has 0 amide bonds. The van der Waals surface area contributed by atoms with E-state index in [1.54, 1.807) is 0 Å². The van der Waals surface area contributed by atoms with E-state index in [1.165, 1.54) is 0 Å². The van der Waals surface area contributed by atoms with Crippen molar-refractivity contribution in [1.82, 2.24) is 0 Å². The van der Waals surface area contributed by atoms with Gasteiger partial charge in [0, 0.05) is 0 Å². The van der Waals surface area contributed by atoms with Crippen molar-refractivity contribution in [3.05, 3.63) is 0 Å². The van der Waals surface area contributed by atoms with Gasteiger partial charge in [0.15, 0.2) is 0 Å². The molecule has 0 heterocycles. The van der Waals surface area contributed by atoms with Crippen molar-refractivity contribution in [3.63, 3.8) is 0 Å². The summed E-state index contributed by atoms with van der Waals surface area (Å²) in [5.41, 5.74) is 0. The second kappa shape index (κ2) is 1.36. The molecular weight excluding hydrogens is 81.0 g/mol. The quantitative estimate of drug-likeness (QED) is 0.384. The van der Waals surface area contributed by atoms with Crippen molar-refractivity contribution in [2.24, 2.45) is 0 Å². The van der Waals surface area contributed by atoms with Gasteiger partial charge in [0.1, 0.15) is 0 Å². The van der Waals surface area contributed by atoms with Crippen LogP contribution < -0.4 is 0 Å². The fourth-order valence-electron chi connectivity index (χ4n) is 0. The number of halogens is 2. The van der Waals surface area contributed by atoms with Crippen LogP contribution in [0, 0.1) is 0 Å². The van der Waals surface area contributed by atoms with Crippen LogP contribution in [0.5, 0.6) is 0 Å². The van der Waals surface area contributed by atoms with Crippen molar-refractivity contribution >= 4 is 14.7 Å². The second-order valence-corrected chi connectivity index (χ2v) is 0.638. The molecule has 0 saturated carbocycles. The van der Waals surface area contributed by atoms with Gasteiger partial charge >= 0.3 is 0 Å². The smallest absolute Gasteiger partial charge is 0.169 e. The second-order valence-electron chi connectivity index (χ2n) is 0.260. The summed E-state index contributed by atoms with van der Waals surface area (Å²) >= 11 is 0. The van der Waals surface area contributed by atoms with E-state index in [9.17, 15) is 8.78 Å². The third-order valence-corrected chi connectivity index (χ3v) is 0. The predicted octanol–water partition coefficient (Wildman–Crippen LogP) is 1.16. The first-order valence-corrected chi connectivity index (χ1v) is 1.13. The Balaban J connectivity index is 2.80. The fourth-order valence-corrected chi connectivity index (χ4v) is 0. The van der Waals surface area contributed by atoms with Gasteiger partial charge in [-0.1, -0.05) is 0 Å². The summed E-state index contributed by atoms with van der Waals surface area (Å²) < 4.78 is 20.3. The van der Waals surface area contributed by atoms with E-state index >= 15 is 0 Å². The molecule has 0 rings (SSSR count). The van der Waals surface area contributed by atoms with Gasteiger partial charge in [-0.25, -0.2) is 0 Å². The van der Waals surface area contributed by atoms with E-state index in [0.717, 1.165) is 0 Å². The zero-order valence-corrected chi connectivity index (χ0v) is 2.76. The lowest BCUT2D eigenvalue weighted by atomic mass is 11.7. The monoisotopic (exact) mass is 82.0 g/mol. The molecule has 0 nitrogen and oxygen atoms in total. The molecule has 0 aromatic heterocycles. The first-order valence-electron chi connectivity index (χ1n) is 0.628. The highest BCUT2D eigenvalue weighted by molar-refractivity contribution is 7.19. The topological polar surface area (TPSA) is 0 Å². The van der Waals surface area contributed by atoms with Crippen molar-refractivity contribution in [3.8, 4) is 0 Å². The van der Waals surface area contributed by atoms with Gasteiger partial charge in [0.25, 0.3) is 5.80 Å². The Hall–Kier alpha value is 0.0300. The minimum Gasteiger partial charge on any atom is -0.169 e. The maximum Gasteiger partial charge on any atom is 0.287 e. The van der Waals surface area contributed by atoms with Crippen LogP contribution in [0.25, 0.3) is 0 Å². The van der Waals surface area contributed by atoms with E-state index in [-0.39, 0.29) is 0 Å². The molecule has 0 fully saturated rings. The largest absolute Gasteiger partial charge is 0.287 e. The van der Waals surface area contributed by atoms with Gasteiger partial charge in [0.05, 0.1) is 0 Å². The molecule has 4 heavy (non-hydrogen) atoms. The molecular formula is CHF2P. The van der Waals surface area contributed by atoms with Crippen LogP contribution in [-0.2, 0) is 0 Å². The van der Waals surface area contributed by atoms with Gasteiger partial charge < -0.3 is 0 Å². The average Bonchev–Trinajstić information content (AvgIpc) is 0.811. The summed E-state index contributed by atoms with van der Waals surface area (Å²) in [4.78, 5) is 0. The van der Waals surface area contributed by atoms with Crippen LogP contribution >= 0.6 is 8.86 Å². The first-order chi connectivity index (χ1) is 1.73. The van der Waals surface area contributed by atoms with Crippen molar-refractivity contribution in [2.45, 2.75) is 0 Å². The van der Waals surface area contributed by atoms with Crippen LogP contribution in [0.15, 0.2) is 0 Å². The molecule has 3 heteroatoms. The van der Waals surface area contributed by atoms with Crippen LogP contribution in [0.1, 0.15) is 0 Å². The fraction of sp³-hybridized carbons (Fsp3) is 0. The summed E-state index contributed by atoms with van der Waals surface area (Å²) in [5, 5.41) is 0. The van der Waals surface area contributed by atoms with Crippen LogP contribution in [0.4, 0.5) is 8.78 Å². The Bertz CT molecular complexity index is 29.0. The molecule has 0 aliphatic carbocycles. The van der Waals surface area contributed by atoms with Crippen molar-refractivity contribution < 1.29 is 8.78 Å². The maximum absolute atomic E-state index is 10.2. The van der Waals surface area contributed by atoms with E-state index in [2.05, 4.69) is 0 Å². The molecule has 0 bridgehead atoms. The lowest BCUT2D eigenvalue weighted by Gasteiger charge is -1.52. The van der Waals surface area contributed by atoms with E-state index in [0.29, 0.717) is 0 Å². The Kier molecular flexibility index (Phi) is 1.37. The summed E-state index contributed by atoms with van der Waals surface area (Å²) in [6.07, 6.45) is 0. The van der Waals surface area contributed by atoms with Gasteiger partial charge in [0.2, 0.25) is 0 Å². The highest BCUT2D eigenvalue weighted by Gasteiger charge is 1.67. The molecule has 0 saturated heterocycles. The summed E-state index contributed by atoms with van der Waals surface area (Å²) in [6, 6.07) is 0. The van der Waals surface area contributed by atoms with Gasteiger partial charge in [-0.2, -0.15) is 8.78 Å². The normalized spacial score (nSPS) is 6.50. The highest BCUT2D eigenvalue weighted by Crippen LogP contribution is 1.77. The molecule has 0 radical (unpaired) electrons. The Labute approximate surface area is 24.7 Å². The first kappa shape index (κ1) is 4.03.